The van der Waals surface area contributed by atoms with Gasteiger partial charge >= 0.3 is 5.97 Å². The molecule has 1 unspecified atom stereocenters. The molecule has 1 aromatic heterocycles. The first-order valence-electron chi connectivity index (χ1n) is 9.20. The van der Waals surface area contributed by atoms with Crippen LogP contribution in [-0.4, -0.2) is 80.4 Å². The molecule has 144 valence electrons. The Labute approximate surface area is 154 Å². The van der Waals surface area contributed by atoms with E-state index in [4.69, 9.17) is 4.74 Å². The van der Waals surface area contributed by atoms with Crippen LogP contribution in [0.4, 0.5) is 16.2 Å². The van der Waals surface area contributed by atoms with Gasteiger partial charge in [-0.2, -0.15) is 4.98 Å². The molecule has 3 heterocycles. The van der Waals surface area contributed by atoms with E-state index >= 15 is 0 Å². The average Bonchev–Trinajstić information content (AvgIpc) is 3.18. The molecule has 8 heteroatoms. The minimum absolute atomic E-state index is 0.00979. The predicted molar refractivity (Wildman–Crippen MR) is 98.2 cm³/mol. The number of ether oxygens (including phenoxy) is 1. The predicted octanol–water partition coefficient (Wildman–Crippen LogP) is 1.34. The Morgan fingerprint density at radius 1 is 1.38 bits per heavy atom. The lowest BCUT2D eigenvalue weighted by molar-refractivity contribution is -0.141. The van der Waals surface area contributed by atoms with Gasteiger partial charge in [-0.15, -0.1) is 0 Å². The van der Waals surface area contributed by atoms with Crippen LogP contribution in [0.5, 0.6) is 0 Å². The zero-order valence-corrected chi connectivity index (χ0v) is 15.8. The van der Waals surface area contributed by atoms with Crippen LogP contribution in [0.3, 0.4) is 0 Å². The summed E-state index contributed by atoms with van der Waals surface area (Å²) in [6.45, 7) is 2.43. The average molecular weight is 365 g/mol. The second-order valence-corrected chi connectivity index (χ2v) is 7.45. The summed E-state index contributed by atoms with van der Waals surface area (Å²) in [7, 11) is 5.80. The summed E-state index contributed by atoms with van der Waals surface area (Å²) < 4.78 is 19.1. The van der Waals surface area contributed by atoms with Gasteiger partial charge in [0.1, 0.15) is 12.0 Å². The van der Waals surface area contributed by atoms with Gasteiger partial charge in [-0.3, -0.25) is 4.79 Å². The van der Waals surface area contributed by atoms with Crippen molar-refractivity contribution in [3.8, 4) is 0 Å². The molecule has 1 aromatic rings. The molecular weight excluding hydrogens is 337 g/mol. The molecule has 26 heavy (non-hydrogen) atoms. The molecule has 0 radical (unpaired) electrons. The third-order valence-corrected chi connectivity index (χ3v) is 5.11. The molecule has 2 saturated heterocycles. The maximum absolute atomic E-state index is 14.1. The number of esters is 1. The monoisotopic (exact) mass is 365 g/mol. The normalized spacial score (nSPS) is 25.8. The van der Waals surface area contributed by atoms with Crippen LogP contribution in [0.2, 0.25) is 0 Å². The van der Waals surface area contributed by atoms with Crippen molar-refractivity contribution in [1.29, 1.82) is 0 Å². The molecule has 0 spiro atoms. The quantitative estimate of drug-likeness (QED) is 0.676. The van der Waals surface area contributed by atoms with Gasteiger partial charge in [-0.1, -0.05) is 0 Å². The largest absolute Gasteiger partial charge is 0.465 e. The minimum Gasteiger partial charge on any atom is -0.465 e. The minimum atomic E-state index is -0.851. The van der Waals surface area contributed by atoms with E-state index in [1.165, 1.54) is 0 Å². The number of halogens is 1. The summed E-state index contributed by atoms with van der Waals surface area (Å²) in [5, 5.41) is 0. The van der Waals surface area contributed by atoms with Gasteiger partial charge in [0.15, 0.2) is 0 Å². The third-order valence-electron chi connectivity index (χ3n) is 5.11. The van der Waals surface area contributed by atoms with Crippen molar-refractivity contribution in [2.24, 2.45) is 5.92 Å². The fourth-order valence-electron chi connectivity index (χ4n) is 3.65. The van der Waals surface area contributed by atoms with E-state index in [1.54, 1.807) is 6.20 Å². The Morgan fingerprint density at radius 3 is 2.88 bits per heavy atom. The van der Waals surface area contributed by atoms with Crippen LogP contribution in [0, 0.1) is 5.92 Å². The standard InChI is InChI=1S/C18H28FN5O2/c1-22(2)18-20-7-4-16(21-18)24-11-14(19)10-15(24)12-23(3)8-5-13-6-9-26-17(13)25/h4,7,13-15H,5-6,8-12H2,1-3H3/t13?,14-,15-/m0/s1. The Hall–Kier alpha value is -1.96. The second kappa shape index (κ2) is 8.16. The Bertz CT molecular complexity index is 629. The number of aromatic nitrogens is 2. The van der Waals surface area contributed by atoms with Crippen molar-refractivity contribution in [3.63, 3.8) is 0 Å². The maximum atomic E-state index is 14.1. The number of anilines is 2. The van der Waals surface area contributed by atoms with Crippen molar-refractivity contribution < 1.29 is 13.9 Å². The van der Waals surface area contributed by atoms with E-state index in [0.29, 0.717) is 25.5 Å². The van der Waals surface area contributed by atoms with E-state index < -0.39 is 6.17 Å². The Morgan fingerprint density at radius 2 is 2.19 bits per heavy atom. The topological polar surface area (TPSA) is 61.8 Å². The third kappa shape index (κ3) is 4.41. The number of nitrogens with zero attached hydrogens (tertiary/aromatic N) is 5. The molecule has 0 N–H and O–H groups in total. The highest BCUT2D eigenvalue weighted by molar-refractivity contribution is 5.74. The highest BCUT2D eigenvalue weighted by atomic mass is 19.1. The number of alkyl halides is 1. The number of rotatable bonds is 7. The van der Waals surface area contributed by atoms with Gasteiger partial charge < -0.3 is 19.4 Å². The number of hydrogen-bond donors (Lipinski definition) is 0. The highest BCUT2D eigenvalue weighted by Gasteiger charge is 2.34. The molecule has 0 bridgehead atoms. The van der Waals surface area contributed by atoms with Gasteiger partial charge in [0.05, 0.1) is 19.1 Å². The van der Waals surface area contributed by atoms with E-state index in [1.807, 2.05) is 37.0 Å². The number of carbonyl (C=O) groups excluding carboxylic acids is 1. The summed E-state index contributed by atoms with van der Waals surface area (Å²) >= 11 is 0. The fourth-order valence-corrected chi connectivity index (χ4v) is 3.65. The van der Waals surface area contributed by atoms with Crippen LogP contribution in [0.25, 0.3) is 0 Å². The Kier molecular flexibility index (Phi) is 5.90. The van der Waals surface area contributed by atoms with Crippen LogP contribution in [0.1, 0.15) is 19.3 Å². The lowest BCUT2D eigenvalue weighted by Crippen LogP contribution is -2.40. The first kappa shape index (κ1) is 18.8. The van der Waals surface area contributed by atoms with Crippen LogP contribution in [-0.2, 0) is 9.53 Å². The summed E-state index contributed by atoms with van der Waals surface area (Å²) in [6.07, 6.45) is 2.96. The second-order valence-electron chi connectivity index (χ2n) is 7.45. The van der Waals surface area contributed by atoms with Crippen LogP contribution in [0.15, 0.2) is 12.3 Å². The summed E-state index contributed by atoms with van der Waals surface area (Å²) in [6, 6.07) is 1.91. The zero-order valence-electron chi connectivity index (χ0n) is 15.8. The number of carbonyl (C=O) groups is 1. The van der Waals surface area contributed by atoms with E-state index in [2.05, 4.69) is 14.9 Å². The number of cyclic esters (lactones) is 1. The first-order valence-corrected chi connectivity index (χ1v) is 9.20. The zero-order chi connectivity index (χ0) is 18.7. The highest BCUT2D eigenvalue weighted by Crippen LogP contribution is 2.27. The SMILES string of the molecule is CN(CCC1CCOC1=O)C[C@@H]1C[C@H](F)CN1c1ccnc(N(C)C)n1. The van der Waals surface area contributed by atoms with Crippen molar-refractivity contribution in [3.05, 3.63) is 12.3 Å². The van der Waals surface area contributed by atoms with E-state index in [-0.39, 0.29) is 17.9 Å². The lowest BCUT2D eigenvalue weighted by atomic mass is 10.0. The molecule has 2 fully saturated rings. The van der Waals surface area contributed by atoms with E-state index in [0.717, 1.165) is 31.7 Å². The lowest BCUT2D eigenvalue weighted by Gasteiger charge is -2.29. The van der Waals surface area contributed by atoms with Gasteiger partial charge in [0, 0.05) is 39.3 Å². The Balaban J connectivity index is 1.60. The summed E-state index contributed by atoms with van der Waals surface area (Å²) in [5.74, 6) is 1.32. The summed E-state index contributed by atoms with van der Waals surface area (Å²) in [5.41, 5.74) is 0. The first-order chi connectivity index (χ1) is 12.4. The molecule has 3 rings (SSSR count). The molecule has 0 saturated carbocycles. The smallest absolute Gasteiger partial charge is 0.309 e. The number of likely N-dealkylation sites (N-methyl/N-ethyl adjacent to an activating group) is 1. The fraction of sp³-hybridized carbons (Fsp3) is 0.722. The van der Waals surface area contributed by atoms with Crippen molar-refractivity contribution in [2.75, 3.05) is 57.2 Å². The number of hydrogen-bond acceptors (Lipinski definition) is 7. The summed E-state index contributed by atoms with van der Waals surface area (Å²) in [4.78, 5) is 26.4. The van der Waals surface area contributed by atoms with Crippen molar-refractivity contribution in [2.45, 2.75) is 31.5 Å². The molecular formula is C18H28FN5O2. The van der Waals surface area contributed by atoms with Crippen LogP contribution < -0.4 is 9.80 Å². The van der Waals surface area contributed by atoms with Crippen molar-refractivity contribution in [1.82, 2.24) is 14.9 Å². The van der Waals surface area contributed by atoms with E-state index in [9.17, 15) is 9.18 Å². The van der Waals surface area contributed by atoms with Crippen molar-refractivity contribution >= 4 is 17.7 Å². The molecule has 3 atom stereocenters. The molecule has 0 aliphatic carbocycles. The molecule has 2 aliphatic rings. The van der Waals surface area contributed by atoms with Gasteiger partial charge in [0.25, 0.3) is 0 Å². The molecule has 7 nitrogen and oxygen atoms in total. The van der Waals surface area contributed by atoms with Gasteiger partial charge in [-0.25, -0.2) is 9.37 Å². The van der Waals surface area contributed by atoms with Gasteiger partial charge in [-0.05, 0) is 32.5 Å². The molecule has 0 amide bonds. The maximum Gasteiger partial charge on any atom is 0.309 e. The van der Waals surface area contributed by atoms with Gasteiger partial charge in [0.2, 0.25) is 5.95 Å². The molecule has 0 aromatic carbocycles. The van der Waals surface area contributed by atoms with Crippen LogP contribution >= 0.6 is 0 Å². The molecule has 2 aliphatic heterocycles.